The third-order valence-electron chi connectivity index (χ3n) is 2.59. The number of aromatic nitrogens is 2. The highest BCUT2D eigenvalue weighted by Gasteiger charge is 2.05. The second-order valence-electron chi connectivity index (χ2n) is 3.86. The van der Waals surface area contributed by atoms with Gasteiger partial charge in [0.15, 0.2) is 0 Å². The zero-order chi connectivity index (χ0) is 12.8. The lowest BCUT2D eigenvalue weighted by molar-refractivity contribution is 0.661. The summed E-state index contributed by atoms with van der Waals surface area (Å²) in [5.74, 6) is 0. The van der Waals surface area contributed by atoms with Gasteiger partial charge >= 0.3 is 0 Å². The molecule has 0 spiro atoms. The summed E-state index contributed by atoms with van der Waals surface area (Å²) < 4.78 is 2.01. The van der Waals surface area contributed by atoms with Gasteiger partial charge in [-0.25, -0.2) is 4.98 Å². The number of halogens is 1. The third kappa shape index (κ3) is 3.02. The van der Waals surface area contributed by atoms with Gasteiger partial charge in [0.25, 0.3) is 0 Å². The fraction of sp³-hybridized carbons (Fsp3) is 0.231. The van der Waals surface area contributed by atoms with Gasteiger partial charge in [-0.3, -0.25) is 0 Å². The molecule has 1 N–H and O–H groups in total. The van der Waals surface area contributed by atoms with Crippen molar-refractivity contribution in [2.24, 2.45) is 0 Å². The number of anilines is 1. The molecule has 0 radical (unpaired) electrons. The van der Waals surface area contributed by atoms with Crippen LogP contribution in [0.2, 0.25) is 5.02 Å². The lowest BCUT2D eigenvalue weighted by Crippen LogP contribution is -2.07. The van der Waals surface area contributed by atoms with Crippen molar-refractivity contribution in [1.82, 2.24) is 9.55 Å². The molecule has 0 aliphatic carbocycles. The molecule has 1 aromatic carbocycles. The summed E-state index contributed by atoms with van der Waals surface area (Å²) in [5, 5.41) is 12.8. The first-order valence-corrected chi connectivity index (χ1v) is 6.07. The first-order chi connectivity index (χ1) is 8.81. The molecule has 0 fully saturated rings. The van der Waals surface area contributed by atoms with Crippen molar-refractivity contribution in [1.29, 1.82) is 5.26 Å². The number of para-hydroxylation sites is 1. The minimum atomic E-state index is 0.574. The summed E-state index contributed by atoms with van der Waals surface area (Å²) in [6.07, 6.45) is 6.41. The summed E-state index contributed by atoms with van der Waals surface area (Å²) in [6.45, 7) is 1.65. The highest BCUT2D eigenvalue weighted by molar-refractivity contribution is 6.33. The van der Waals surface area contributed by atoms with Crippen molar-refractivity contribution < 1.29 is 0 Å². The molecule has 1 heterocycles. The largest absolute Gasteiger partial charge is 0.383 e. The zero-order valence-corrected chi connectivity index (χ0v) is 10.6. The van der Waals surface area contributed by atoms with Crippen LogP contribution in [0.25, 0.3) is 0 Å². The Hall–Kier alpha value is -1.99. The average Bonchev–Trinajstić information content (AvgIpc) is 2.89. The maximum Gasteiger partial charge on any atom is 0.101 e. The van der Waals surface area contributed by atoms with Crippen molar-refractivity contribution in [2.45, 2.75) is 13.0 Å². The quantitative estimate of drug-likeness (QED) is 0.841. The van der Waals surface area contributed by atoms with Crippen LogP contribution >= 0.6 is 11.6 Å². The molecule has 0 unspecified atom stereocenters. The van der Waals surface area contributed by atoms with E-state index in [1.165, 1.54) is 0 Å². The van der Waals surface area contributed by atoms with Crippen LogP contribution in [0.15, 0.2) is 36.9 Å². The van der Waals surface area contributed by atoms with Gasteiger partial charge in [-0.1, -0.05) is 17.7 Å². The number of nitrogens with one attached hydrogen (secondary N) is 1. The Morgan fingerprint density at radius 3 is 3.06 bits per heavy atom. The number of nitriles is 1. The Kier molecular flexibility index (Phi) is 4.21. The van der Waals surface area contributed by atoms with Crippen LogP contribution in [0.3, 0.4) is 0 Å². The van der Waals surface area contributed by atoms with Crippen molar-refractivity contribution in [3.8, 4) is 6.07 Å². The second kappa shape index (κ2) is 6.08. The second-order valence-corrected chi connectivity index (χ2v) is 4.26. The lowest BCUT2D eigenvalue weighted by atomic mass is 10.2. The molecule has 18 heavy (non-hydrogen) atoms. The molecule has 2 rings (SSSR count). The fourth-order valence-electron chi connectivity index (χ4n) is 1.69. The van der Waals surface area contributed by atoms with E-state index in [1.807, 2.05) is 10.8 Å². The average molecular weight is 261 g/mol. The van der Waals surface area contributed by atoms with Crippen LogP contribution in [0.4, 0.5) is 5.69 Å². The van der Waals surface area contributed by atoms with Crippen molar-refractivity contribution in [3.63, 3.8) is 0 Å². The maximum absolute atomic E-state index is 8.99. The van der Waals surface area contributed by atoms with Gasteiger partial charge in [0, 0.05) is 25.5 Å². The smallest absolute Gasteiger partial charge is 0.101 e. The Bertz CT molecular complexity index is 543. The standard InChI is InChI=1S/C13H13ClN4/c14-12-4-1-3-11(9-15)13(12)17-5-2-7-18-8-6-16-10-18/h1,3-4,6,8,10,17H,2,5,7H2. The molecule has 1 aromatic heterocycles. The maximum atomic E-state index is 8.99. The molecule has 0 amide bonds. The van der Waals surface area contributed by atoms with Gasteiger partial charge in [0.05, 0.1) is 22.6 Å². The summed E-state index contributed by atoms with van der Waals surface area (Å²) in [4.78, 5) is 3.98. The van der Waals surface area contributed by atoms with Crippen molar-refractivity contribution in [2.75, 3.05) is 11.9 Å². The molecule has 0 saturated carbocycles. The lowest BCUT2D eigenvalue weighted by Gasteiger charge is -2.10. The Balaban J connectivity index is 1.89. The van der Waals surface area contributed by atoms with Crippen LogP contribution in [-0.2, 0) is 6.54 Å². The predicted molar refractivity (Wildman–Crippen MR) is 71.5 cm³/mol. The first kappa shape index (κ1) is 12.5. The molecular weight excluding hydrogens is 248 g/mol. The molecule has 2 aromatic rings. The van der Waals surface area contributed by atoms with E-state index in [-0.39, 0.29) is 0 Å². The van der Waals surface area contributed by atoms with Crippen molar-refractivity contribution in [3.05, 3.63) is 47.5 Å². The van der Waals surface area contributed by atoms with E-state index in [9.17, 15) is 0 Å². The van der Waals surface area contributed by atoms with Gasteiger partial charge in [0.2, 0.25) is 0 Å². The summed E-state index contributed by atoms with van der Waals surface area (Å²) in [5.41, 5.74) is 1.29. The van der Waals surface area contributed by atoms with E-state index in [1.54, 1.807) is 30.7 Å². The van der Waals surface area contributed by atoms with E-state index in [4.69, 9.17) is 16.9 Å². The number of rotatable bonds is 5. The minimum Gasteiger partial charge on any atom is -0.383 e. The molecular formula is C13H13ClN4. The number of hydrogen-bond donors (Lipinski definition) is 1. The molecule has 0 atom stereocenters. The van der Waals surface area contributed by atoms with Crippen LogP contribution in [0.1, 0.15) is 12.0 Å². The van der Waals surface area contributed by atoms with E-state index < -0.39 is 0 Å². The van der Waals surface area contributed by atoms with Gasteiger partial charge in [0.1, 0.15) is 6.07 Å². The number of aryl methyl sites for hydroxylation is 1. The Morgan fingerprint density at radius 1 is 1.44 bits per heavy atom. The topological polar surface area (TPSA) is 53.6 Å². The van der Waals surface area contributed by atoms with Gasteiger partial charge in [-0.2, -0.15) is 5.26 Å². The molecule has 4 nitrogen and oxygen atoms in total. The van der Waals surface area contributed by atoms with Crippen molar-refractivity contribution >= 4 is 17.3 Å². The van der Waals surface area contributed by atoms with E-state index in [0.29, 0.717) is 16.3 Å². The van der Waals surface area contributed by atoms with Crippen LogP contribution in [0, 0.1) is 11.3 Å². The van der Waals surface area contributed by atoms with Crippen LogP contribution < -0.4 is 5.32 Å². The van der Waals surface area contributed by atoms with E-state index >= 15 is 0 Å². The molecule has 0 bridgehead atoms. The Morgan fingerprint density at radius 2 is 2.33 bits per heavy atom. The summed E-state index contributed by atoms with van der Waals surface area (Å²) >= 11 is 6.06. The monoisotopic (exact) mass is 260 g/mol. The molecule has 5 heteroatoms. The van der Waals surface area contributed by atoms with Gasteiger partial charge in [-0.05, 0) is 18.6 Å². The predicted octanol–water partition coefficient (Wildman–Crippen LogP) is 2.91. The van der Waals surface area contributed by atoms with Crippen LogP contribution in [0.5, 0.6) is 0 Å². The number of nitrogens with zero attached hydrogens (tertiary/aromatic N) is 3. The third-order valence-corrected chi connectivity index (χ3v) is 2.90. The SMILES string of the molecule is N#Cc1cccc(Cl)c1NCCCn1ccnc1. The highest BCUT2D eigenvalue weighted by atomic mass is 35.5. The molecule has 0 saturated heterocycles. The van der Waals surface area contributed by atoms with E-state index in [2.05, 4.69) is 16.4 Å². The Labute approximate surface area is 111 Å². The van der Waals surface area contributed by atoms with E-state index in [0.717, 1.165) is 19.5 Å². The molecule has 0 aliphatic rings. The number of imidazole rings is 1. The summed E-state index contributed by atoms with van der Waals surface area (Å²) in [7, 11) is 0. The number of hydrogen-bond acceptors (Lipinski definition) is 3. The minimum absolute atomic E-state index is 0.574. The molecule has 0 aliphatic heterocycles. The fourth-order valence-corrected chi connectivity index (χ4v) is 1.93. The first-order valence-electron chi connectivity index (χ1n) is 5.69. The van der Waals surface area contributed by atoms with Gasteiger partial charge in [-0.15, -0.1) is 0 Å². The van der Waals surface area contributed by atoms with Gasteiger partial charge < -0.3 is 9.88 Å². The zero-order valence-electron chi connectivity index (χ0n) is 9.81. The number of benzene rings is 1. The normalized spacial score (nSPS) is 10.0. The van der Waals surface area contributed by atoms with Crippen LogP contribution in [-0.4, -0.2) is 16.1 Å². The molecule has 92 valence electrons. The summed E-state index contributed by atoms with van der Waals surface area (Å²) in [6, 6.07) is 7.44. The highest BCUT2D eigenvalue weighted by Crippen LogP contribution is 2.25.